The van der Waals surface area contributed by atoms with E-state index in [1.807, 2.05) is 108 Å². The van der Waals surface area contributed by atoms with Gasteiger partial charge in [-0.2, -0.15) is 15.8 Å². The molecule has 0 saturated heterocycles. The summed E-state index contributed by atoms with van der Waals surface area (Å²) in [5.74, 6) is 0. The minimum Gasteiger partial charge on any atom is -0.309 e. The molecule has 2 heterocycles. The summed E-state index contributed by atoms with van der Waals surface area (Å²) in [6.07, 6.45) is 8.68. The highest BCUT2D eigenvalue weighted by molar-refractivity contribution is 6.10. The highest BCUT2D eigenvalue weighted by atomic mass is 15.1. The molecule has 0 amide bonds. The van der Waals surface area contributed by atoms with E-state index in [-0.39, 0.29) is 0 Å². The van der Waals surface area contributed by atoms with Crippen LogP contribution in [0.3, 0.4) is 0 Å². The fourth-order valence-electron chi connectivity index (χ4n) is 7.12. The molecular formula is C46H29N5. The summed E-state index contributed by atoms with van der Waals surface area (Å²) < 4.78 is 2.24. The number of hydrogen-bond acceptors (Lipinski definition) is 4. The third-order valence-corrected chi connectivity index (χ3v) is 9.38. The lowest BCUT2D eigenvalue weighted by Crippen LogP contribution is -2.17. The van der Waals surface area contributed by atoms with Gasteiger partial charge in [-0.1, -0.05) is 85.5 Å². The first-order valence-electron chi connectivity index (χ1n) is 16.6. The maximum Gasteiger partial charge on any atom is 0.101 e. The van der Waals surface area contributed by atoms with Gasteiger partial charge in [-0.05, 0) is 101 Å². The normalized spacial score (nSPS) is 13.7. The second-order valence-corrected chi connectivity index (χ2v) is 12.4. The van der Waals surface area contributed by atoms with Gasteiger partial charge in [0.15, 0.2) is 0 Å². The van der Waals surface area contributed by atoms with Crippen LogP contribution in [-0.2, 0) is 6.42 Å². The maximum absolute atomic E-state index is 10.3. The van der Waals surface area contributed by atoms with Gasteiger partial charge in [-0.3, -0.25) is 0 Å². The van der Waals surface area contributed by atoms with E-state index in [1.165, 1.54) is 0 Å². The molecule has 0 unspecified atom stereocenters. The van der Waals surface area contributed by atoms with Gasteiger partial charge >= 0.3 is 0 Å². The number of fused-ring (bicyclic) bond motifs is 4. The second-order valence-electron chi connectivity index (χ2n) is 12.4. The lowest BCUT2D eigenvalue weighted by Gasteiger charge is -2.29. The van der Waals surface area contributed by atoms with E-state index in [9.17, 15) is 15.8 Å². The van der Waals surface area contributed by atoms with Gasteiger partial charge in [0.1, 0.15) is 6.07 Å². The van der Waals surface area contributed by atoms with Crippen molar-refractivity contribution in [2.24, 2.45) is 0 Å². The minimum atomic E-state index is 0.543. The molecule has 1 aliphatic rings. The number of anilines is 2. The quantitative estimate of drug-likeness (QED) is 0.190. The monoisotopic (exact) mass is 651 g/mol. The Morgan fingerprint density at radius 3 is 2.24 bits per heavy atom. The molecule has 0 atom stereocenters. The molecule has 0 N–H and O–H groups in total. The van der Waals surface area contributed by atoms with Crippen LogP contribution in [0.4, 0.5) is 11.4 Å². The van der Waals surface area contributed by atoms with Crippen LogP contribution in [0.15, 0.2) is 164 Å². The van der Waals surface area contributed by atoms with Crippen molar-refractivity contribution in [3.63, 3.8) is 0 Å². The molecule has 0 saturated carbocycles. The Kier molecular flexibility index (Phi) is 7.82. The standard InChI is InChI=1S/C46H29N5/c1-31-11-3-2-4-12-34-13-9-15-36(30-49)46(34)50(31)39-16-10-14-35(27-39)37-23-33(29-48)24-38(26-37)40-17-5-7-19-43(40)51-44-20-8-6-18-41(44)42-25-32(28-47)21-22-45(42)51/h2-11,13-27H,1,12H2/b4-2-,11-3-. The number of hydrogen-bond donors (Lipinski definition) is 0. The molecule has 0 bridgehead atoms. The van der Waals surface area contributed by atoms with Crippen LogP contribution in [0.2, 0.25) is 0 Å². The topological polar surface area (TPSA) is 79.5 Å². The Balaban J connectivity index is 1.30. The molecule has 5 heteroatoms. The van der Waals surface area contributed by atoms with Crippen LogP contribution in [0.1, 0.15) is 22.3 Å². The van der Waals surface area contributed by atoms with Crippen molar-refractivity contribution in [1.82, 2.24) is 4.57 Å². The smallest absolute Gasteiger partial charge is 0.101 e. The molecular weight excluding hydrogens is 623 g/mol. The van der Waals surface area contributed by atoms with Crippen molar-refractivity contribution in [3.8, 4) is 46.1 Å². The Hall–Kier alpha value is -7.39. The molecule has 7 aromatic rings. The van der Waals surface area contributed by atoms with Crippen LogP contribution in [-0.4, -0.2) is 4.57 Å². The Morgan fingerprint density at radius 1 is 0.588 bits per heavy atom. The zero-order chi connectivity index (χ0) is 34.9. The SMILES string of the molecule is C=C1/C=C\C=C/Cc2cccc(C#N)c2N1c1cccc(-c2cc(C#N)cc(-c3ccccc3-n3c4ccccc4c4cc(C#N)ccc43)c2)c1. The van der Waals surface area contributed by atoms with Crippen molar-refractivity contribution in [1.29, 1.82) is 15.8 Å². The Bertz CT molecular complexity index is 2740. The third-order valence-electron chi connectivity index (χ3n) is 9.38. The molecule has 51 heavy (non-hydrogen) atoms. The maximum atomic E-state index is 10.3. The van der Waals surface area contributed by atoms with Crippen LogP contribution in [0.25, 0.3) is 49.7 Å². The summed E-state index contributed by atoms with van der Waals surface area (Å²) in [4.78, 5) is 2.05. The third kappa shape index (κ3) is 5.44. The number of nitrogens with zero attached hydrogens (tertiary/aromatic N) is 5. The van der Waals surface area contributed by atoms with E-state index in [0.717, 1.165) is 72.4 Å². The predicted octanol–water partition coefficient (Wildman–Crippen LogP) is 11.1. The van der Waals surface area contributed by atoms with Crippen molar-refractivity contribution in [3.05, 3.63) is 186 Å². The first-order chi connectivity index (χ1) is 25.1. The van der Waals surface area contributed by atoms with Gasteiger partial charge in [0.05, 0.1) is 51.2 Å². The molecule has 6 aromatic carbocycles. The molecule has 0 radical (unpaired) electrons. The summed E-state index contributed by atoms with van der Waals surface area (Å²) in [6, 6.07) is 49.3. The van der Waals surface area contributed by atoms with Crippen molar-refractivity contribution in [2.45, 2.75) is 6.42 Å². The zero-order valence-electron chi connectivity index (χ0n) is 27.6. The lowest BCUT2D eigenvalue weighted by atomic mass is 9.95. The molecule has 5 nitrogen and oxygen atoms in total. The lowest BCUT2D eigenvalue weighted by molar-refractivity contribution is 1.16. The molecule has 238 valence electrons. The van der Waals surface area contributed by atoms with E-state index >= 15 is 0 Å². The fourth-order valence-corrected chi connectivity index (χ4v) is 7.12. The van der Waals surface area contributed by atoms with Crippen LogP contribution in [0, 0.1) is 34.0 Å². The van der Waals surface area contributed by atoms with E-state index in [2.05, 4.69) is 77.9 Å². The Labute approximate surface area is 296 Å². The first-order valence-corrected chi connectivity index (χ1v) is 16.6. The number of aromatic nitrogens is 1. The van der Waals surface area contributed by atoms with E-state index in [0.29, 0.717) is 23.1 Å². The van der Waals surface area contributed by atoms with Gasteiger partial charge < -0.3 is 9.47 Å². The van der Waals surface area contributed by atoms with Crippen LogP contribution in [0.5, 0.6) is 0 Å². The molecule has 1 aromatic heterocycles. The number of rotatable bonds is 4. The molecule has 8 rings (SSSR count). The number of para-hydroxylation sites is 3. The number of benzene rings is 6. The van der Waals surface area contributed by atoms with Crippen LogP contribution >= 0.6 is 0 Å². The summed E-state index contributed by atoms with van der Waals surface area (Å²) in [6.45, 7) is 4.39. The average Bonchev–Trinajstić information content (AvgIpc) is 3.54. The number of nitriles is 3. The molecule has 0 spiro atoms. The minimum absolute atomic E-state index is 0.543. The van der Waals surface area contributed by atoms with Gasteiger partial charge in [0.2, 0.25) is 0 Å². The summed E-state index contributed by atoms with van der Waals surface area (Å²) in [5.41, 5.74) is 11.9. The van der Waals surface area contributed by atoms with Gasteiger partial charge in [0, 0.05) is 27.7 Å². The molecule has 0 fully saturated rings. The van der Waals surface area contributed by atoms with Crippen molar-refractivity contribution >= 4 is 33.2 Å². The highest BCUT2D eigenvalue weighted by Crippen LogP contribution is 2.40. The van der Waals surface area contributed by atoms with E-state index in [1.54, 1.807) is 0 Å². The van der Waals surface area contributed by atoms with Gasteiger partial charge in [0.25, 0.3) is 0 Å². The van der Waals surface area contributed by atoms with Gasteiger partial charge in [-0.15, -0.1) is 0 Å². The van der Waals surface area contributed by atoms with Crippen LogP contribution < -0.4 is 4.90 Å². The summed E-state index contributed by atoms with van der Waals surface area (Å²) in [7, 11) is 0. The van der Waals surface area contributed by atoms with Gasteiger partial charge in [-0.25, -0.2) is 0 Å². The first kappa shape index (κ1) is 30.9. The number of allylic oxidation sites excluding steroid dienone is 4. The molecule has 0 aliphatic carbocycles. The average molecular weight is 652 g/mol. The zero-order valence-corrected chi connectivity index (χ0v) is 27.6. The second kappa shape index (κ2) is 12.9. The van der Waals surface area contributed by atoms with Crippen molar-refractivity contribution < 1.29 is 0 Å². The molecule has 1 aliphatic heterocycles. The highest BCUT2D eigenvalue weighted by Gasteiger charge is 2.21. The van der Waals surface area contributed by atoms with E-state index in [4.69, 9.17) is 0 Å². The van der Waals surface area contributed by atoms with Crippen molar-refractivity contribution in [2.75, 3.05) is 4.90 Å². The summed E-state index contributed by atoms with van der Waals surface area (Å²) >= 11 is 0. The largest absolute Gasteiger partial charge is 0.309 e. The summed E-state index contributed by atoms with van der Waals surface area (Å²) in [5, 5.41) is 32.1. The Morgan fingerprint density at radius 2 is 1.37 bits per heavy atom. The predicted molar refractivity (Wildman–Crippen MR) is 206 cm³/mol. The fraction of sp³-hybridized carbons (Fsp3) is 0.0217. The van der Waals surface area contributed by atoms with E-state index < -0.39 is 0 Å².